The molecule has 3 aromatic carbocycles. The molecule has 1 saturated carbocycles. The van der Waals surface area contributed by atoms with Crippen molar-refractivity contribution in [3.8, 4) is 11.5 Å². The molecule has 4 aliphatic rings. The van der Waals surface area contributed by atoms with Crippen LogP contribution in [0.1, 0.15) is 124 Å². The van der Waals surface area contributed by atoms with Crippen LogP contribution in [0.3, 0.4) is 0 Å². The molecule has 3 atom stereocenters. The van der Waals surface area contributed by atoms with E-state index in [1.165, 1.54) is 37.8 Å². The molecule has 3 aliphatic heterocycles. The fourth-order valence-electron chi connectivity index (χ4n) is 9.96. The molecule has 2 unspecified atom stereocenters. The number of aliphatic hydroxyl groups excluding tert-OH is 1. The lowest BCUT2D eigenvalue weighted by Gasteiger charge is -2.51. The summed E-state index contributed by atoms with van der Waals surface area (Å²) < 4.78 is 13.2. The van der Waals surface area contributed by atoms with Gasteiger partial charge in [-0.1, -0.05) is 99.9 Å². The first-order chi connectivity index (χ1) is 29.3. The summed E-state index contributed by atoms with van der Waals surface area (Å²) in [5.74, 6) is 1.68. The summed E-state index contributed by atoms with van der Waals surface area (Å²) in [7, 11) is 0. The highest BCUT2D eigenvalue weighted by atomic mass is 16.6. The first-order valence-corrected chi connectivity index (χ1v) is 22.6. The number of phenolic OH excluding ortho intramolecular Hbond substituents is 1. The number of carbonyl (C=O) groups excluding carboxylic acids is 2. The van der Waals surface area contributed by atoms with Crippen LogP contribution >= 0.6 is 0 Å². The van der Waals surface area contributed by atoms with Gasteiger partial charge in [-0.2, -0.15) is 0 Å². The van der Waals surface area contributed by atoms with Crippen LogP contribution in [0, 0.1) is 11.8 Å². The topological polar surface area (TPSA) is 150 Å². The van der Waals surface area contributed by atoms with Crippen LogP contribution in [0.5, 0.6) is 11.5 Å². The van der Waals surface area contributed by atoms with E-state index in [0.717, 1.165) is 101 Å². The molecule has 11 nitrogen and oxygen atoms in total. The fourth-order valence-corrected chi connectivity index (χ4v) is 9.96. The lowest BCUT2D eigenvalue weighted by Crippen LogP contribution is -2.66. The largest absolute Gasteiger partial charge is 0.506 e. The van der Waals surface area contributed by atoms with Gasteiger partial charge in [0.2, 0.25) is 11.3 Å². The average Bonchev–Trinajstić information content (AvgIpc) is 3.27. The van der Waals surface area contributed by atoms with Crippen molar-refractivity contribution < 1.29 is 33.8 Å². The second kappa shape index (κ2) is 21.2. The smallest absolute Gasteiger partial charge is 0.408 e. The molecular formula is C49H65N4O7+. The highest BCUT2D eigenvalue weighted by Gasteiger charge is 2.48. The van der Waals surface area contributed by atoms with Crippen molar-refractivity contribution in [1.82, 2.24) is 15.6 Å². The Balaban J connectivity index is 0.804. The molecule has 60 heavy (non-hydrogen) atoms. The predicted octanol–water partition coefficient (Wildman–Crippen LogP) is 8.51. The lowest BCUT2D eigenvalue weighted by molar-refractivity contribution is -0.938. The number of amides is 1. The number of aromatic hydroxyl groups is 1. The Bertz CT molecular complexity index is 2060. The number of fused-ring (bicyclic) bond motifs is 4. The van der Waals surface area contributed by atoms with Gasteiger partial charge >= 0.3 is 6.09 Å². The van der Waals surface area contributed by atoms with E-state index in [1.807, 2.05) is 42.5 Å². The van der Waals surface area contributed by atoms with Crippen LogP contribution in [-0.2, 0) is 4.74 Å². The van der Waals surface area contributed by atoms with Gasteiger partial charge in [-0.05, 0) is 73.5 Å². The summed E-state index contributed by atoms with van der Waals surface area (Å²) in [6, 6.07) is 23.9. The number of phenols is 1. The molecular weight excluding hydrogens is 757 g/mol. The fraction of sp³-hybridized carbons (Fsp3) is 0.531. The zero-order chi connectivity index (χ0) is 41.7. The van der Waals surface area contributed by atoms with E-state index in [-0.39, 0.29) is 35.3 Å². The Kier molecular flexibility index (Phi) is 15.3. The first-order valence-electron chi connectivity index (χ1n) is 22.6. The normalized spacial score (nSPS) is 21.4. The molecule has 8 rings (SSSR count). The number of hydrogen-bond acceptors (Lipinski definition) is 8. The van der Waals surface area contributed by atoms with Crippen LogP contribution in [0.15, 0.2) is 83.7 Å². The van der Waals surface area contributed by atoms with Crippen LogP contribution in [0.2, 0.25) is 0 Å². The maximum absolute atomic E-state index is 13.7. The molecule has 1 amide bonds. The van der Waals surface area contributed by atoms with E-state index in [4.69, 9.17) is 9.47 Å². The van der Waals surface area contributed by atoms with Gasteiger partial charge in [0.1, 0.15) is 24.6 Å². The maximum atomic E-state index is 13.7. The zero-order valence-electron chi connectivity index (χ0n) is 35.1. The Morgan fingerprint density at radius 1 is 0.833 bits per heavy atom. The number of aromatic amines is 1. The van der Waals surface area contributed by atoms with Gasteiger partial charge in [-0.15, -0.1) is 0 Å². The monoisotopic (exact) mass is 821 g/mol. The Morgan fingerprint density at radius 2 is 1.58 bits per heavy atom. The Hall–Kier alpha value is -4.71. The second-order valence-electron chi connectivity index (χ2n) is 17.6. The summed E-state index contributed by atoms with van der Waals surface area (Å²) in [6.07, 6.45) is 14.1. The number of quaternary nitrogens is 1. The van der Waals surface area contributed by atoms with E-state index >= 15 is 0 Å². The minimum absolute atomic E-state index is 0.0105. The van der Waals surface area contributed by atoms with Crippen LogP contribution in [-0.4, -0.2) is 83.5 Å². The Morgan fingerprint density at radius 3 is 2.37 bits per heavy atom. The third-order valence-corrected chi connectivity index (χ3v) is 13.4. The van der Waals surface area contributed by atoms with Crippen molar-refractivity contribution >= 4 is 22.8 Å². The van der Waals surface area contributed by atoms with Gasteiger partial charge in [0.05, 0.1) is 37.4 Å². The molecule has 0 spiro atoms. The molecule has 4 aromatic rings. The SMILES string of the molecule is O=C(NC(c1cccc(OCCCCCCCCCNCC(O)c2ccc(O)c3[nH]c(=O)ccc23)c1)C1CCCCC1)O[C@H]1C[N+]2(CC(=O)c3ccccc3)CCC1CC2. The minimum Gasteiger partial charge on any atom is -0.506 e. The number of ether oxygens (including phenoxy) is 2. The number of ketones is 1. The quantitative estimate of drug-likeness (QED) is 0.0319. The summed E-state index contributed by atoms with van der Waals surface area (Å²) >= 11 is 0. The summed E-state index contributed by atoms with van der Waals surface area (Å²) in [5, 5.41) is 28.2. The van der Waals surface area contributed by atoms with Crippen molar-refractivity contribution in [3.63, 3.8) is 0 Å². The molecule has 4 heterocycles. The van der Waals surface area contributed by atoms with Gasteiger partial charge < -0.3 is 39.8 Å². The third kappa shape index (κ3) is 11.6. The van der Waals surface area contributed by atoms with E-state index in [2.05, 4.69) is 27.8 Å². The van der Waals surface area contributed by atoms with Crippen molar-refractivity contribution in [3.05, 3.63) is 106 Å². The van der Waals surface area contributed by atoms with E-state index in [1.54, 1.807) is 12.1 Å². The number of benzene rings is 3. The average molecular weight is 822 g/mol. The molecule has 322 valence electrons. The van der Waals surface area contributed by atoms with Gasteiger partial charge in [0.25, 0.3) is 0 Å². The molecule has 5 N–H and O–H groups in total. The number of pyridine rings is 1. The number of unbranched alkanes of at least 4 members (excludes halogenated alkanes) is 6. The minimum atomic E-state index is -0.747. The summed E-state index contributed by atoms with van der Waals surface area (Å²) in [4.78, 5) is 41.2. The molecule has 1 aromatic heterocycles. The number of alkyl carbamates (subject to hydrolysis) is 1. The molecule has 1 aliphatic carbocycles. The molecule has 4 fully saturated rings. The van der Waals surface area contributed by atoms with Crippen LogP contribution < -0.4 is 20.9 Å². The number of aliphatic hydroxyl groups is 1. The second-order valence-corrected chi connectivity index (χ2v) is 17.6. The first kappa shape index (κ1) is 43.4. The van der Waals surface area contributed by atoms with Gasteiger partial charge in [0, 0.05) is 42.3 Å². The summed E-state index contributed by atoms with van der Waals surface area (Å²) in [6.45, 7) is 4.95. The van der Waals surface area contributed by atoms with Crippen LogP contribution in [0.25, 0.3) is 10.9 Å². The number of hydrogen-bond donors (Lipinski definition) is 5. The van der Waals surface area contributed by atoms with Gasteiger partial charge in [-0.3, -0.25) is 9.59 Å². The third-order valence-electron chi connectivity index (χ3n) is 13.4. The highest BCUT2D eigenvalue weighted by Crippen LogP contribution is 2.38. The number of aromatic nitrogens is 1. The standard InChI is InChI=1S/C49H64N4O7/c54-42-23-21-40(41-22-24-46(57)51-48(41)42)43(55)32-50-27-12-4-2-1-3-5-13-30-59-39-20-14-19-38(31-39)47(37-17-10-7-11-18-37)52-49(58)60-45-34-53(28-25-36(45)26-29-53)33-44(56)35-15-8-6-9-16-35/h6,8-9,14-16,19-24,31,36-37,43,45,47,50,55H,1-5,7,10-13,17-18,25-30,32-34H2,(H2-,51,52,54,57,58)/p+1/t36?,43?,45-,47?,53?/m0/s1. The number of nitrogens with zero attached hydrogens (tertiary/aromatic N) is 1. The Labute approximate surface area is 354 Å². The predicted molar refractivity (Wildman–Crippen MR) is 234 cm³/mol. The number of rotatable bonds is 21. The van der Waals surface area contributed by atoms with Crippen molar-refractivity contribution in [2.75, 3.05) is 45.9 Å². The number of piperidine rings is 3. The van der Waals surface area contributed by atoms with Crippen LogP contribution in [0.4, 0.5) is 4.79 Å². The zero-order valence-corrected chi connectivity index (χ0v) is 35.1. The van der Waals surface area contributed by atoms with E-state index in [0.29, 0.717) is 59.0 Å². The summed E-state index contributed by atoms with van der Waals surface area (Å²) in [5.41, 5.74) is 2.54. The number of nitrogens with one attached hydrogen (secondary N) is 3. The number of carbonyl (C=O) groups is 2. The van der Waals surface area contributed by atoms with Crippen molar-refractivity contribution in [2.45, 2.75) is 108 Å². The highest BCUT2D eigenvalue weighted by molar-refractivity contribution is 5.97. The maximum Gasteiger partial charge on any atom is 0.408 e. The van der Waals surface area contributed by atoms with E-state index < -0.39 is 6.10 Å². The molecule has 3 saturated heterocycles. The number of H-pyrrole nitrogens is 1. The van der Waals surface area contributed by atoms with Crippen molar-refractivity contribution in [1.29, 1.82) is 0 Å². The van der Waals surface area contributed by atoms with Crippen molar-refractivity contribution in [2.24, 2.45) is 11.8 Å². The molecule has 11 heteroatoms. The molecule has 0 radical (unpaired) electrons. The lowest BCUT2D eigenvalue weighted by atomic mass is 9.81. The van der Waals surface area contributed by atoms with Gasteiger partial charge in [0.15, 0.2) is 6.10 Å². The van der Waals surface area contributed by atoms with Gasteiger partial charge in [-0.25, -0.2) is 4.79 Å². The van der Waals surface area contributed by atoms with E-state index in [9.17, 15) is 24.6 Å². The molecule has 2 bridgehead atoms. The number of Topliss-reactive ketones (excluding diaryl/α,β-unsaturated/α-hetero) is 1.